The first-order valence-corrected chi connectivity index (χ1v) is 0. The predicted octanol–water partition coefficient (Wildman–Crippen LogP) is -0.388. The van der Waals surface area contributed by atoms with Gasteiger partial charge in [0, 0.05) is 84.5 Å². The molecular formula is AuNiSnTi. The first-order valence-electron chi connectivity index (χ1n) is 0. The minimum Gasteiger partial charge on any atom is 0 e. The van der Waals surface area contributed by atoms with Gasteiger partial charge in [-0.3, -0.25) is 0 Å². The summed E-state index contributed by atoms with van der Waals surface area (Å²) in [6.45, 7) is 0. The van der Waals surface area contributed by atoms with E-state index in [-0.39, 0.29) is 84.5 Å². The SMILES string of the molecule is [Au].[Ni].[Sn].[Ti]. The van der Waals surface area contributed by atoms with Gasteiger partial charge >= 0.3 is 0 Å². The second-order valence-electron chi connectivity index (χ2n) is 0. The Kier molecular flexibility index (Phi) is 127. The minimum atomic E-state index is 0. The topological polar surface area (TPSA) is 0 Å². The van der Waals surface area contributed by atoms with Gasteiger partial charge in [-0.25, -0.2) is 0 Å². The van der Waals surface area contributed by atoms with Crippen molar-refractivity contribution in [2.45, 2.75) is 0 Å². The molecule has 0 amide bonds. The number of hydrogen-bond donors (Lipinski definition) is 0. The van der Waals surface area contributed by atoms with E-state index in [4.69, 9.17) is 0 Å². The van der Waals surface area contributed by atoms with Crippen molar-refractivity contribution in [2.75, 3.05) is 0 Å². The molecule has 0 rings (SSSR count). The first-order chi connectivity index (χ1) is 0. The van der Waals surface area contributed by atoms with Gasteiger partial charge < -0.3 is 0 Å². The maximum absolute atomic E-state index is 0. The molecule has 29 valence electrons. The number of hydrogen-bond acceptors (Lipinski definition) is 0. The Labute approximate surface area is 83.1 Å². The third-order valence-electron chi connectivity index (χ3n) is 0. The smallest absolute Gasteiger partial charge is 0 e. The average molecular weight is 422 g/mol. The molecule has 0 aromatic carbocycles. The zero-order valence-corrected chi connectivity index (χ0v) is 9.19. The van der Waals surface area contributed by atoms with Crippen molar-refractivity contribution >= 4 is 23.9 Å². The van der Waals surface area contributed by atoms with E-state index in [1.165, 1.54) is 0 Å². The van der Waals surface area contributed by atoms with Crippen LogP contribution in [-0.4, -0.2) is 23.9 Å². The number of rotatable bonds is 0. The predicted molar refractivity (Wildman–Crippen MR) is 5.75 cm³/mol. The summed E-state index contributed by atoms with van der Waals surface area (Å²) in [5.41, 5.74) is 0. The molecule has 0 spiro atoms. The van der Waals surface area contributed by atoms with E-state index < -0.39 is 0 Å². The first kappa shape index (κ1) is 29.5. The van der Waals surface area contributed by atoms with Gasteiger partial charge in [0.25, 0.3) is 0 Å². The fraction of sp³-hybridized carbons (Fsp3) is 0. The van der Waals surface area contributed by atoms with Crippen molar-refractivity contribution in [1.82, 2.24) is 0 Å². The van der Waals surface area contributed by atoms with Gasteiger partial charge in [0.1, 0.15) is 0 Å². The Balaban J connectivity index is 0. The van der Waals surface area contributed by atoms with Gasteiger partial charge in [0.2, 0.25) is 0 Å². The molecule has 0 N–H and O–H groups in total. The molecule has 0 aliphatic carbocycles. The van der Waals surface area contributed by atoms with Crippen LogP contribution in [0.1, 0.15) is 0 Å². The van der Waals surface area contributed by atoms with Gasteiger partial charge in [0.15, 0.2) is 0 Å². The van der Waals surface area contributed by atoms with Crippen LogP contribution in [-0.2, 0) is 60.6 Å². The molecule has 0 aromatic heterocycles. The maximum Gasteiger partial charge on any atom is 0 e. The van der Waals surface area contributed by atoms with Crippen LogP contribution in [0, 0.1) is 0 Å². The molecule has 5 radical (unpaired) electrons. The van der Waals surface area contributed by atoms with E-state index in [0.717, 1.165) is 0 Å². The summed E-state index contributed by atoms with van der Waals surface area (Å²) in [6, 6.07) is 0. The summed E-state index contributed by atoms with van der Waals surface area (Å²) < 4.78 is 0. The Morgan fingerprint density at radius 1 is 1.00 bits per heavy atom. The van der Waals surface area contributed by atoms with Crippen LogP contribution in [0.4, 0.5) is 0 Å². The molecule has 0 atom stereocenters. The van der Waals surface area contributed by atoms with Crippen molar-refractivity contribution < 1.29 is 60.6 Å². The molecular weight excluding hydrogens is 422 g/mol. The average Bonchev–Trinajstić information content (AvgIpc) is 0. The molecule has 0 aromatic rings. The Morgan fingerprint density at radius 2 is 1.00 bits per heavy atom. The van der Waals surface area contributed by atoms with Crippen LogP contribution < -0.4 is 0 Å². The van der Waals surface area contributed by atoms with Crippen molar-refractivity contribution in [3.8, 4) is 0 Å². The van der Waals surface area contributed by atoms with Crippen LogP contribution in [0.3, 0.4) is 0 Å². The molecule has 0 aliphatic rings. The molecule has 4 heteroatoms. The summed E-state index contributed by atoms with van der Waals surface area (Å²) in [5, 5.41) is 0. The van der Waals surface area contributed by atoms with Crippen LogP contribution in [0.2, 0.25) is 0 Å². The summed E-state index contributed by atoms with van der Waals surface area (Å²) >= 11 is 0. The van der Waals surface area contributed by atoms with Gasteiger partial charge in [-0.2, -0.15) is 0 Å². The summed E-state index contributed by atoms with van der Waals surface area (Å²) in [4.78, 5) is 0. The van der Waals surface area contributed by atoms with Gasteiger partial charge in [-0.15, -0.1) is 0 Å². The second-order valence-corrected chi connectivity index (χ2v) is 0. The van der Waals surface area contributed by atoms with Crippen molar-refractivity contribution in [3.63, 3.8) is 0 Å². The largest absolute Gasteiger partial charge is 0 e. The van der Waals surface area contributed by atoms with E-state index in [0.29, 0.717) is 0 Å². The maximum atomic E-state index is 0. The van der Waals surface area contributed by atoms with E-state index in [9.17, 15) is 0 Å². The molecule has 0 saturated carbocycles. The standard InChI is InChI=1S/Au.Ni.Sn.Ti. The normalized spacial score (nSPS) is 0. The fourth-order valence-electron chi connectivity index (χ4n) is 0. The van der Waals surface area contributed by atoms with E-state index in [2.05, 4.69) is 0 Å². The Hall–Kier alpha value is 2.75. The molecule has 0 bridgehead atoms. The van der Waals surface area contributed by atoms with Crippen LogP contribution in [0.5, 0.6) is 0 Å². The van der Waals surface area contributed by atoms with Crippen molar-refractivity contribution in [2.24, 2.45) is 0 Å². The summed E-state index contributed by atoms with van der Waals surface area (Å²) in [5.74, 6) is 0. The summed E-state index contributed by atoms with van der Waals surface area (Å²) in [6.07, 6.45) is 0. The van der Waals surface area contributed by atoms with Gasteiger partial charge in [-0.1, -0.05) is 0 Å². The third kappa shape index (κ3) is 8.83. The molecule has 0 heterocycles. The molecule has 4 heavy (non-hydrogen) atoms. The molecule has 0 aliphatic heterocycles. The zero-order valence-electron chi connectivity index (χ0n) is 1.62. The van der Waals surface area contributed by atoms with Crippen LogP contribution >= 0.6 is 0 Å². The van der Waals surface area contributed by atoms with Crippen molar-refractivity contribution in [3.05, 3.63) is 0 Å². The van der Waals surface area contributed by atoms with Gasteiger partial charge in [0.05, 0.1) is 0 Å². The zero-order chi connectivity index (χ0) is 0. The quantitative estimate of drug-likeness (QED) is 0.467. The molecule has 0 nitrogen and oxygen atoms in total. The third-order valence-corrected chi connectivity index (χ3v) is 0. The molecule has 0 unspecified atom stereocenters. The van der Waals surface area contributed by atoms with Crippen LogP contribution in [0.25, 0.3) is 0 Å². The van der Waals surface area contributed by atoms with E-state index in [1.807, 2.05) is 0 Å². The van der Waals surface area contributed by atoms with Gasteiger partial charge in [-0.05, 0) is 0 Å². The van der Waals surface area contributed by atoms with Crippen LogP contribution in [0.15, 0.2) is 0 Å². The summed E-state index contributed by atoms with van der Waals surface area (Å²) in [7, 11) is 0. The Bertz CT molecular complexity index is 8.00. The Morgan fingerprint density at radius 3 is 1.00 bits per heavy atom. The fourth-order valence-corrected chi connectivity index (χ4v) is 0. The molecule has 0 saturated heterocycles. The second kappa shape index (κ2) is 17.2. The monoisotopic (exact) mass is 423 g/mol. The van der Waals surface area contributed by atoms with Crippen molar-refractivity contribution in [1.29, 1.82) is 0 Å². The molecule has 0 fully saturated rings. The van der Waals surface area contributed by atoms with E-state index >= 15 is 0 Å². The minimum absolute atomic E-state index is 0. The van der Waals surface area contributed by atoms with E-state index in [1.54, 1.807) is 0 Å².